The average Bonchev–Trinajstić information content (AvgIpc) is 3.30. The highest BCUT2D eigenvalue weighted by molar-refractivity contribution is 7.16. The Labute approximate surface area is 219 Å². The summed E-state index contributed by atoms with van der Waals surface area (Å²) in [7, 11) is 4.71. The Morgan fingerprint density at radius 2 is 1.78 bits per heavy atom. The molecule has 0 radical (unpaired) electrons. The Kier molecular flexibility index (Phi) is 8.29. The zero-order chi connectivity index (χ0) is 26.4. The minimum absolute atomic E-state index is 0.299. The summed E-state index contributed by atoms with van der Waals surface area (Å²) in [5, 5.41) is 3.53. The van der Waals surface area contributed by atoms with Crippen LogP contribution in [0.5, 0.6) is 17.2 Å². The van der Waals surface area contributed by atoms with E-state index in [-0.39, 0.29) is 12.0 Å². The van der Waals surface area contributed by atoms with Crippen LogP contribution in [0, 0.1) is 0 Å². The van der Waals surface area contributed by atoms with Gasteiger partial charge in [0, 0.05) is 23.7 Å². The van der Waals surface area contributed by atoms with Crippen LogP contribution >= 0.6 is 11.3 Å². The molecule has 0 atom stereocenters. The van der Waals surface area contributed by atoms with Crippen LogP contribution in [0.15, 0.2) is 47.5 Å². The first kappa shape index (κ1) is 26.0. The lowest BCUT2D eigenvalue weighted by Crippen LogP contribution is -2.36. The van der Waals surface area contributed by atoms with Crippen molar-refractivity contribution in [2.45, 2.75) is 19.9 Å². The summed E-state index contributed by atoms with van der Waals surface area (Å²) in [6.45, 7) is 2.90. The van der Waals surface area contributed by atoms with Gasteiger partial charge in [0.2, 0.25) is 0 Å². The minimum atomic E-state index is -0.362. The fourth-order valence-electron chi connectivity index (χ4n) is 3.99. The monoisotopic (exact) mass is 523 g/mol. The second-order valence-corrected chi connectivity index (χ2v) is 9.19. The number of hydrogen-bond acceptors (Lipinski definition) is 8. The van der Waals surface area contributed by atoms with Crippen molar-refractivity contribution in [3.63, 3.8) is 0 Å². The first-order chi connectivity index (χ1) is 18.0. The van der Waals surface area contributed by atoms with Crippen molar-refractivity contribution in [3.8, 4) is 17.2 Å². The molecule has 0 spiro atoms. The van der Waals surface area contributed by atoms with Crippen LogP contribution in [-0.2, 0) is 17.7 Å². The number of aliphatic imine (C=N–C) groups is 1. The molecule has 194 valence electrons. The van der Waals surface area contributed by atoms with Gasteiger partial charge >= 0.3 is 6.09 Å². The van der Waals surface area contributed by atoms with E-state index >= 15 is 0 Å². The normalized spacial score (nSPS) is 12.7. The number of rotatable bonds is 8. The number of thiophene rings is 1. The maximum absolute atomic E-state index is 13.6. The summed E-state index contributed by atoms with van der Waals surface area (Å²) in [6.07, 6.45) is 1.87. The predicted molar refractivity (Wildman–Crippen MR) is 143 cm³/mol. The number of benzene rings is 2. The molecule has 0 saturated carbocycles. The Balaban J connectivity index is 1.68. The zero-order valence-corrected chi connectivity index (χ0v) is 22.0. The van der Waals surface area contributed by atoms with Gasteiger partial charge in [-0.1, -0.05) is 0 Å². The van der Waals surface area contributed by atoms with Crippen molar-refractivity contribution < 1.29 is 28.5 Å². The number of nitrogens with zero attached hydrogens (tertiary/aromatic N) is 2. The van der Waals surface area contributed by atoms with E-state index in [4.69, 9.17) is 18.9 Å². The maximum atomic E-state index is 13.6. The Morgan fingerprint density at radius 1 is 1.05 bits per heavy atom. The standard InChI is InChI=1S/C27H29N3O6S/c1-5-36-27(32)30-13-12-20-23(16-30)37-26(28-15-17-6-8-18(33-2)9-7-17)24(20)25(31)29-21-11-10-19(34-3)14-22(21)35-4/h6-11,14-15H,5,12-13,16H2,1-4H3,(H,29,31). The quantitative estimate of drug-likeness (QED) is 0.403. The first-order valence-corrected chi connectivity index (χ1v) is 12.6. The number of amides is 2. The van der Waals surface area contributed by atoms with Crippen LogP contribution in [-0.4, -0.2) is 57.6 Å². The summed E-state index contributed by atoms with van der Waals surface area (Å²) >= 11 is 1.40. The molecule has 2 aromatic carbocycles. The molecule has 9 nitrogen and oxygen atoms in total. The van der Waals surface area contributed by atoms with Gasteiger partial charge in [-0.2, -0.15) is 0 Å². The Morgan fingerprint density at radius 3 is 2.46 bits per heavy atom. The molecule has 2 heterocycles. The van der Waals surface area contributed by atoms with E-state index in [0.717, 1.165) is 21.8 Å². The minimum Gasteiger partial charge on any atom is -0.497 e. The van der Waals surface area contributed by atoms with Crippen LogP contribution in [0.1, 0.15) is 33.3 Å². The van der Waals surface area contributed by atoms with Crippen LogP contribution in [0.25, 0.3) is 0 Å². The van der Waals surface area contributed by atoms with E-state index in [1.54, 1.807) is 50.5 Å². The number of anilines is 1. The molecule has 0 aliphatic carbocycles. The van der Waals surface area contributed by atoms with Gasteiger partial charge in [-0.25, -0.2) is 9.79 Å². The lowest BCUT2D eigenvalue weighted by atomic mass is 10.0. The largest absolute Gasteiger partial charge is 0.497 e. The van der Waals surface area contributed by atoms with E-state index < -0.39 is 0 Å². The number of fused-ring (bicyclic) bond motifs is 1. The fraction of sp³-hybridized carbons (Fsp3) is 0.296. The first-order valence-electron chi connectivity index (χ1n) is 11.7. The van der Waals surface area contributed by atoms with Crippen LogP contribution < -0.4 is 19.5 Å². The zero-order valence-electron chi connectivity index (χ0n) is 21.2. The molecule has 0 fully saturated rings. The van der Waals surface area contributed by atoms with Gasteiger partial charge in [0.1, 0.15) is 22.2 Å². The lowest BCUT2D eigenvalue weighted by Gasteiger charge is -2.26. The molecule has 1 N–H and O–H groups in total. The smallest absolute Gasteiger partial charge is 0.410 e. The summed E-state index contributed by atoms with van der Waals surface area (Å²) in [4.78, 5) is 33.2. The van der Waals surface area contributed by atoms with Gasteiger partial charge in [0.25, 0.3) is 5.91 Å². The summed E-state index contributed by atoms with van der Waals surface area (Å²) in [5.41, 5.74) is 2.76. The van der Waals surface area contributed by atoms with Crippen molar-refractivity contribution >= 4 is 40.2 Å². The third kappa shape index (κ3) is 5.86. The molecule has 0 saturated heterocycles. The molecular weight excluding hydrogens is 494 g/mol. The van der Waals surface area contributed by atoms with E-state index in [9.17, 15) is 9.59 Å². The van der Waals surface area contributed by atoms with E-state index in [1.807, 2.05) is 24.3 Å². The van der Waals surface area contributed by atoms with Crippen LogP contribution in [0.4, 0.5) is 15.5 Å². The highest BCUT2D eigenvalue weighted by Gasteiger charge is 2.30. The van der Waals surface area contributed by atoms with Crippen LogP contribution in [0.3, 0.4) is 0 Å². The molecule has 4 rings (SSSR count). The highest BCUT2D eigenvalue weighted by atomic mass is 32.1. The van der Waals surface area contributed by atoms with Gasteiger partial charge in [-0.05, 0) is 60.9 Å². The summed E-state index contributed by atoms with van der Waals surface area (Å²) < 4.78 is 21.1. The SMILES string of the molecule is CCOC(=O)N1CCc2c(sc(N=Cc3ccc(OC)cc3)c2C(=O)Nc2ccc(OC)cc2OC)C1. The summed E-state index contributed by atoms with van der Waals surface area (Å²) in [6, 6.07) is 12.7. The molecule has 10 heteroatoms. The highest BCUT2D eigenvalue weighted by Crippen LogP contribution is 2.40. The van der Waals surface area contributed by atoms with Crippen molar-refractivity contribution in [2.75, 3.05) is 39.8 Å². The molecule has 2 amide bonds. The number of carbonyl (C=O) groups excluding carboxylic acids is 2. The molecular formula is C27H29N3O6S. The topological polar surface area (TPSA) is 98.7 Å². The molecule has 1 aromatic heterocycles. The second-order valence-electron chi connectivity index (χ2n) is 8.11. The van der Waals surface area contributed by atoms with Gasteiger partial charge < -0.3 is 29.2 Å². The fourth-order valence-corrected chi connectivity index (χ4v) is 5.20. The Hall–Kier alpha value is -4.05. The van der Waals surface area contributed by atoms with E-state index in [2.05, 4.69) is 10.3 Å². The third-order valence-corrected chi connectivity index (χ3v) is 7.02. The Bertz CT molecular complexity index is 1300. The number of methoxy groups -OCH3 is 3. The lowest BCUT2D eigenvalue weighted by molar-refractivity contribution is 0.102. The van der Waals surface area contributed by atoms with Gasteiger partial charge in [-0.3, -0.25) is 4.79 Å². The van der Waals surface area contributed by atoms with E-state index in [0.29, 0.717) is 53.9 Å². The predicted octanol–water partition coefficient (Wildman–Crippen LogP) is 5.29. The van der Waals surface area contributed by atoms with E-state index in [1.165, 1.54) is 18.4 Å². The second kappa shape index (κ2) is 11.8. The molecule has 0 bridgehead atoms. The molecule has 0 unspecified atom stereocenters. The average molecular weight is 524 g/mol. The van der Waals surface area contributed by atoms with Gasteiger partial charge in [0.05, 0.1) is 45.7 Å². The number of ether oxygens (including phenoxy) is 4. The third-order valence-electron chi connectivity index (χ3n) is 5.89. The summed E-state index contributed by atoms with van der Waals surface area (Å²) in [5.74, 6) is 1.55. The van der Waals surface area contributed by atoms with Crippen molar-refractivity contribution in [3.05, 3.63) is 64.0 Å². The van der Waals surface area contributed by atoms with Gasteiger partial charge in [-0.15, -0.1) is 11.3 Å². The molecule has 3 aromatic rings. The van der Waals surface area contributed by atoms with Crippen LogP contribution in [0.2, 0.25) is 0 Å². The molecule has 37 heavy (non-hydrogen) atoms. The van der Waals surface area contributed by atoms with Crippen molar-refractivity contribution in [1.82, 2.24) is 4.90 Å². The van der Waals surface area contributed by atoms with Crippen molar-refractivity contribution in [2.24, 2.45) is 4.99 Å². The number of carbonyl (C=O) groups is 2. The van der Waals surface area contributed by atoms with Gasteiger partial charge in [0.15, 0.2) is 0 Å². The number of nitrogens with one attached hydrogen (secondary N) is 1. The maximum Gasteiger partial charge on any atom is 0.410 e. The van der Waals surface area contributed by atoms with Crippen molar-refractivity contribution in [1.29, 1.82) is 0 Å². The molecule has 1 aliphatic heterocycles. The molecule has 1 aliphatic rings. The number of hydrogen-bond donors (Lipinski definition) is 1.